The molecule has 0 aromatic carbocycles. The number of hydrogen-bond acceptors (Lipinski definition) is 2. The first-order chi connectivity index (χ1) is 8.16. The number of piperidine rings is 1. The van der Waals surface area contributed by atoms with Gasteiger partial charge < -0.3 is 10.0 Å². The molecule has 1 aliphatic carbocycles. The monoisotopic (exact) mass is 239 g/mol. The maximum absolute atomic E-state index is 11.8. The van der Waals surface area contributed by atoms with Crippen LogP contribution in [-0.2, 0) is 9.59 Å². The Balaban J connectivity index is 1.82. The van der Waals surface area contributed by atoms with Crippen LogP contribution in [0.3, 0.4) is 0 Å². The molecule has 2 fully saturated rings. The van der Waals surface area contributed by atoms with Gasteiger partial charge in [0.15, 0.2) is 0 Å². The molecular formula is C13H21NO3. The number of carboxylic acid groups (broad SMARTS) is 1. The maximum Gasteiger partial charge on any atom is 0.307 e. The minimum absolute atomic E-state index is 0.0363. The van der Waals surface area contributed by atoms with Crippen LogP contribution in [0.25, 0.3) is 0 Å². The summed E-state index contributed by atoms with van der Waals surface area (Å²) in [7, 11) is 0. The van der Waals surface area contributed by atoms with Crippen molar-refractivity contribution in [2.75, 3.05) is 13.1 Å². The fraction of sp³-hybridized carbons (Fsp3) is 0.846. The average molecular weight is 239 g/mol. The van der Waals surface area contributed by atoms with E-state index in [9.17, 15) is 9.59 Å². The molecular weight excluding hydrogens is 218 g/mol. The third kappa shape index (κ3) is 3.20. The normalized spacial score (nSPS) is 27.2. The predicted octanol–water partition coefficient (Wildman–Crippen LogP) is 1.89. The van der Waals surface area contributed by atoms with E-state index in [0.717, 1.165) is 6.54 Å². The molecule has 1 saturated carbocycles. The molecule has 1 unspecified atom stereocenters. The number of likely N-dealkylation sites (tertiary alicyclic amines) is 1. The molecule has 1 amide bonds. The Morgan fingerprint density at radius 1 is 1.24 bits per heavy atom. The minimum Gasteiger partial charge on any atom is -0.481 e. The third-order valence-electron chi connectivity index (χ3n) is 4.07. The van der Waals surface area contributed by atoms with E-state index in [0.29, 0.717) is 18.9 Å². The van der Waals surface area contributed by atoms with Crippen LogP contribution in [-0.4, -0.2) is 35.0 Å². The van der Waals surface area contributed by atoms with Crippen molar-refractivity contribution in [3.05, 3.63) is 0 Å². The van der Waals surface area contributed by atoms with Crippen molar-refractivity contribution < 1.29 is 14.7 Å². The van der Waals surface area contributed by atoms with Crippen molar-refractivity contribution in [2.45, 2.75) is 44.9 Å². The first-order valence-electron chi connectivity index (χ1n) is 6.67. The first kappa shape index (κ1) is 12.4. The van der Waals surface area contributed by atoms with Crippen molar-refractivity contribution in [3.8, 4) is 0 Å². The van der Waals surface area contributed by atoms with Gasteiger partial charge in [-0.15, -0.1) is 0 Å². The van der Waals surface area contributed by atoms with Gasteiger partial charge in [0, 0.05) is 19.5 Å². The summed E-state index contributed by atoms with van der Waals surface area (Å²) < 4.78 is 0. The summed E-state index contributed by atoms with van der Waals surface area (Å²) >= 11 is 0. The van der Waals surface area contributed by atoms with Crippen LogP contribution in [0.15, 0.2) is 0 Å². The topological polar surface area (TPSA) is 57.6 Å². The van der Waals surface area contributed by atoms with Crippen LogP contribution < -0.4 is 0 Å². The number of hydrogen-bond donors (Lipinski definition) is 1. The van der Waals surface area contributed by atoms with Crippen LogP contribution in [0.2, 0.25) is 0 Å². The summed E-state index contributed by atoms with van der Waals surface area (Å²) in [4.78, 5) is 24.6. The van der Waals surface area contributed by atoms with Gasteiger partial charge in [-0.1, -0.05) is 19.3 Å². The zero-order valence-corrected chi connectivity index (χ0v) is 10.2. The number of aliphatic carboxylic acids is 1. The molecule has 17 heavy (non-hydrogen) atoms. The molecule has 2 aliphatic rings. The number of rotatable bonds is 3. The Hall–Kier alpha value is -1.06. The first-order valence-corrected chi connectivity index (χ1v) is 6.67. The van der Waals surface area contributed by atoms with Gasteiger partial charge in [-0.2, -0.15) is 0 Å². The Bertz CT molecular complexity index is 297. The molecule has 0 spiro atoms. The molecule has 0 bridgehead atoms. The molecule has 1 atom stereocenters. The van der Waals surface area contributed by atoms with E-state index in [1.54, 1.807) is 0 Å². The Morgan fingerprint density at radius 2 is 1.94 bits per heavy atom. The molecule has 0 aromatic heterocycles. The van der Waals surface area contributed by atoms with Crippen LogP contribution >= 0.6 is 0 Å². The third-order valence-corrected chi connectivity index (χ3v) is 4.07. The van der Waals surface area contributed by atoms with E-state index in [2.05, 4.69) is 0 Å². The average Bonchev–Trinajstić information content (AvgIpc) is 2.33. The smallest absolute Gasteiger partial charge is 0.307 e. The lowest BCUT2D eigenvalue weighted by atomic mass is 9.88. The predicted molar refractivity (Wildman–Crippen MR) is 63.5 cm³/mol. The molecule has 1 saturated heterocycles. The number of carboxylic acids is 1. The van der Waals surface area contributed by atoms with Crippen molar-refractivity contribution in [1.29, 1.82) is 0 Å². The van der Waals surface area contributed by atoms with Crippen molar-refractivity contribution in [3.63, 3.8) is 0 Å². The largest absolute Gasteiger partial charge is 0.481 e. The van der Waals surface area contributed by atoms with Gasteiger partial charge in [-0.25, -0.2) is 0 Å². The van der Waals surface area contributed by atoms with Crippen LogP contribution in [0.4, 0.5) is 0 Å². The van der Waals surface area contributed by atoms with Gasteiger partial charge in [-0.3, -0.25) is 9.59 Å². The SMILES string of the molecule is O=C(O)C1CCN(CC2CCCCC2)C(=O)C1. The van der Waals surface area contributed by atoms with Gasteiger partial charge in [0.25, 0.3) is 0 Å². The highest BCUT2D eigenvalue weighted by atomic mass is 16.4. The second-order valence-corrected chi connectivity index (χ2v) is 5.37. The summed E-state index contributed by atoms with van der Waals surface area (Å²) in [6.07, 6.45) is 7.16. The molecule has 4 heteroatoms. The van der Waals surface area contributed by atoms with Crippen molar-refractivity contribution in [2.24, 2.45) is 11.8 Å². The highest BCUT2D eigenvalue weighted by Crippen LogP contribution is 2.26. The van der Waals surface area contributed by atoms with Gasteiger partial charge in [0.1, 0.15) is 0 Å². The number of amides is 1. The van der Waals surface area contributed by atoms with Crippen molar-refractivity contribution >= 4 is 11.9 Å². The molecule has 1 heterocycles. The summed E-state index contributed by atoms with van der Waals surface area (Å²) in [6.45, 7) is 1.48. The van der Waals surface area contributed by atoms with Crippen LogP contribution in [0.5, 0.6) is 0 Å². The summed E-state index contributed by atoms with van der Waals surface area (Å²) in [5.41, 5.74) is 0. The molecule has 2 rings (SSSR count). The van der Waals surface area contributed by atoms with Crippen LogP contribution in [0.1, 0.15) is 44.9 Å². The summed E-state index contributed by atoms with van der Waals surface area (Å²) in [5.74, 6) is -0.593. The number of carbonyl (C=O) groups is 2. The molecule has 1 aliphatic heterocycles. The Labute approximate surface area is 102 Å². The second kappa shape index (κ2) is 5.52. The molecule has 96 valence electrons. The van der Waals surface area contributed by atoms with E-state index in [4.69, 9.17) is 5.11 Å². The lowest BCUT2D eigenvalue weighted by molar-refractivity contribution is -0.149. The summed E-state index contributed by atoms with van der Waals surface area (Å²) in [5, 5.41) is 8.89. The summed E-state index contributed by atoms with van der Waals surface area (Å²) in [6, 6.07) is 0. The van der Waals surface area contributed by atoms with Gasteiger partial charge in [0.2, 0.25) is 5.91 Å². The quantitative estimate of drug-likeness (QED) is 0.818. The van der Waals surface area contributed by atoms with Gasteiger partial charge in [-0.05, 0) is 25.2 Å². The van der Waals surface area contributed by atoms with Crippen LogP contribution in [0, 0.1) is 11.8 Å². The maximum atomic E-state index is 11.8. The van der Waals surface area contributed by atoms with Gasteiger partial charge in [0.05, 0.1) is 5.92 Å². The lowest BCUT2D eigenvalue weighted by Gasteiger charge is -2.34. The Kier molecular flexibility index (Phi) is 4.02. The lowest BCUT2D eigenvalue weighted by Crippen LogP contribution is -2.43. The number of nitrogens with zero attached hydrogens (tertiary/aromatic N) is 1. The highest BCUT2D eigenvalue weighted by Gasteiger charge is 2.31. The fourth-order valence-electron chi connectivity index (χ4n) is 2.96. The van der Waals surface area contributed by atoms with Crippen molar-refractivity contribution in [1.82, 2.24) is 4.90 Å². The van der Waals surface area contributed by atoms with E-state index in [-0.39, 0.29) is 12.3 Å². The zero-order valence-electron chi connectivity index (χ0n) is 10.2. The standard InChI is InChI=1S/C13H21NO3/c15-12-8-11(13(16)17)6-7-14(12)9-10-4-2-1-3-5-10/h10-11H,1-9H2,(H,16,17). The molecule has 0 aromatic rings. The highest BCUT2D eigenvalue weighted by molar-refractivity contribution is 5.83. The minimum atomic E-state index is -0.823. The molecule has 0 radical (unpaired) electrons. The van der Waals surface area contributed by atoms with E-state index >= 15 is 0 Å². The Morgan fingerprint density at radius 3 is 2.53 bits per heavy atom. The molecule has 4 nitrogen and oxygen atoms in total. The van der Waals surface area contributed by atoms with E-state index in [1.807, 2.05) is 4.90 Å². The number of carbonyl (C=O) groups excluding carboxylic acids is 1. The second-order valence-electron chi connectivity index (χ2n) is 5.37. The fourth-order valence-corrected chi connectivity index (χ4v) is 2.96. The van der Waals surface area contributed by atoms with Gasteiger partial charge >= 0.3 is 5.97 Å². The van der Waals surface area contributed by atoms with E-state index in [1.165, 1.54) is 32.1 Å². The van der Waals surface area contributed by atoms with E-state index < -0.39 is 11.9 Å². The molecule has 1 N–H and O–H groups in total. The zero-order chi connectivity index (χ0) is 12.3.